The largest absolute Gasteiger partial charge is 0.508 e. The molecular weight excluding hydrogens is 340 g/mol. The van der Waals surface area contributed by atoms with Crippen molar-refractivity contribution in [2.45, 2.75) is 31.2 Å². The molecule has 1 saturated heterocycles. The van der Waals surface area contributed by atoms with Gasteiger partial charge >= 0.3 is 0 Å². The van der Waals surface area contributed by atoms with Crippen LogP contribution in [0.3, 0.4) is 0 Å². The number of benzene rings is 2. The number of nitrogens with two attached hydrogens (primary N) is 1. The summed E-state index contributed by atoms with van der Waals surface area (Å²) in [5.41, 5.74) is 8.33. The highest BCUT2D eigenvalue weighted by Crippen LogP contribution is 2.49. The number of likely N-dealkylation sites (tertiary alicyclic amines) is 1. The molecule has 142 valence electrons. The van der Waals surface area contributed by atoms with Crippen LogP contribution in [0.1, 0.15) is 34.8 Å². The monoisotopic (exact) mass is 366 g/mol. The van der Waals surface area contributed by atoms with Gasteiger partial charge in [-0.1, -0.05) is 13.0 Å². The summed E-state index contributed by atoms with van der Waals surface area (Å²) in [4.78, 5) is 13.7. The molecule has 0 radical (unpaired) electrons. The van der Waals surface area contributed by atoms with E-state index >= 15 is 0 Å². The SMILES string of the molecule is CN1CC[C@@]2(C)c3cc(O)ccc3CC1[C@H]2COc1ccc(C(N)=O)cc1. The van der Waals surface area contributed by atoms with Gasteiger partial charge in [0, 0.05) is 22.9 Å². The van der Waals surface area contributed by atoms with Crippen molar-refractivity contribution >= 4 is 5.91 Å². The predicted octanol–water partition coefficient (Wildman–Crippen LogP) is 2.70. The molecular formula is C22H26N2O3. The second kappa shape index (κ2) is 6.57. The van der Waals surface area contributed by atoms with Gasteiger partial charge < -0.3 is 20.5 Å². The minimum Gasteiger partial charge on any atom is -0.508 e. The normalized spacial score (nSPS) is 27.0. The second-order valence-corrected chi connectivity index (χ2v) is 8.07. The number of hydrogen-bond acceptors (Lipinski definition) is 4. The Morgan fingerprint density at radius 1 is 1.30 bits per heavy atom. The highest BCUT2D eigenvalue weighted by molar-refractivity contribution is 5.92. The Hall–Kier alpha value is -2.53. The van der Waals surface area contributed by atoms with Gasteiger partial charge in [0.2, 0.25) is 5.91 Å². The molecule has 27 heavy (non-hydrogen) atoms. The molecule has 1 amide bonds. The van der Waals surface area contributed by atoms with Crippen LogP contribution in [-0.4, -0.2) is 42.2 Å². The van der Waals surface area contributed by atoms with Gasteiger partial charge in [-0.2, -0.15) is 0 Å². The number of fused-ring (bicyclic) bond motifs is 4. The maximum absolute atomic E-state index is 11.2. The third kappa shape index (κ3) is 3.06. The first kappa shape index (κ1) is 17.9. The van der Waals surface area contributed by atoms with Crippen LogP contribution in [0.2, 0.25) is 0 Å². The number of phenols is 1. The maximum atomic E-state index is 11.2. The van der Waals surface area contributed by atoms with Gasteiger partial charge in [0.15, 0.2) is 0 Å². The minimum absolute atomic E-state index is 0.0311. The zero-order chi connectivity index (χ0) is 19.2. The van der Waals surface area contributed by atoms with Crippen LogP contribution >= 0.6 is 0 Å². The summed E-state index contributed by atoms with van der Waals surface area (Å²) in [5.74, 6) is 0.954. The first-order chi connectivity index (χ1) is 12.9. The Labute approximate surface area is 159 Å². The highest BCUT2D eigenvalue weighted by Gasteiger charge is 2.50. The highest BCUT2D eigenvalue weighted by atomic mass is 16.5. The van der Waals surface area contributed by atoms with Crippen molar-refractivity contribution in [3.05, 3.63) is 59.2 Å². The first-order valence-electron chi connectivity index (χ1n) is 9.44. The molecule has 2 aliphatic rings. The van der Waals surface area contributed by atoms with Gasteiger partial charge in [-0.3, -0.25) is 4.79 Å². The van der Waals surface area contributed by atoms with E-state index in [0.29, 0.717) is 29.9 Å². The topological polar surface area (TPSA) is 75.8 Å². The number of piperidine rings is 1. The van der Waals surface area contributed by atoms with E-state index in [4.69, 9.17) is 10.5 Å². The zero-order valence-electron chi connectivity index (χ0n) is 15.8. The lowest BCUT2D eigenvalue weighted by atomic mass is 9.58. The fourth-order valence-corrected chi connectivity index (χ4v) is 4.82. The van der Waals surface area contributed by atoms with Crippen molar-refractivity contribution in [1.29, 1.82) is 0 Å². The van der Waals surface area contributed by atoms with Crippen LogP contribution in [0.15, 0.2) is 42.5 Å². The Kier molecular flexibility index (Phi) is 4.35. The number of hydrogen-bond donors (Lipinski definition) is 2. The van der Waals surface area contributed by atoms with Crippen LogP contribution in [0.5, 0.6) is 11.5 Å². The van der Waals surface area contributed by atoms with E-state index in [9.17, 15) is 9.90 Å². The molecule has 5 nitrogen and oxygen atoms in total. The maximum Gasteiger partial charge on any atom is 0.248 e. The lowest BCUT2D eigenvalue weighted by Crippen LogP contribution is -2.59. The summed E-state index contributed by atoms with van der Waals surface area (Å²) < 4.78 is 6.13. The van der Waals surface area contributed by atoms with Crippen LogP contribution in [0.25, 0.3) is 0 Å². The van der Waals surface area contributed by atoms with Gasteiger partial charge in [0.05, 0.1) is 6.61 Å². The molecule has 5 heteroatoms. The van der Waals surface area contributed by atoms with E-state index in [0.717, 1.165) is 25.1 Å². The molecule has 3 N–H and O–H groups in total. The summed E-state index contributed by atoms with van der Waals surface area (Å²) in [6, 6.07) is 13.2. The molecule has 2 bridgehead atoms. The fraction of sp³-hybridized carbons (Fsp3) is 0.409. The number of likely N-dealkylation sites (N-methyl/N-ethyl adjacent to an activating group) is 1. The van der Waals surface area contributed by atoms with Crippen molar-refractivity contribution in [1.82, 2.24) is 4.90 Å². The molecule has 0 aromatic heterocycles. The van der Waals surface area contributed by atoms with Crippen molar-refractivity contribution in [2.24, 2.45) is 11.7 Å². The number of nitrogens with zero attached hydrogens (tertiary/aromatic N) is 1. The van der Waals surface area contributed by atoms with Crippen LogP contribution in [0, 0.1) is 5.92 Å². The Morgan fingerprint density at radius 3 is 2.74 bits per heavy atom. The van der Waals surface area contributed by atoms with Gasteiger partial charge in [-0.15, -0.1) is 0 Å². The Morgan fingerprint density at radius 2 is 2.04 bits per heavy atom. The summed E-state index contributed by atoms with van der Waals surface area (Å²) in [6.45, 7) is 3.94. The molecule has 1 aliphatic carbocycles. The van der Waals surface area contributed by atoms with Gasteiger partial charge in [-0.05, 0) is 74.0 Å². The standard InChI is InChI=1S/C22H26N2O3/c1-22-9-10-24(2)20(11-15-3-6-16(25)12-18(15)22)19(22)13-27-17-7-4-14(5-8-17)21(23)26/h3-8,12,19-20,25H,9-11,13H2,1-2H3,(H2,23,26)/t19-,20?,22+/m1/s1. The molecule has 2 aromatic carbocycles. The first-order valence-corrected chi connectivity index (χ1v) is 9.44. The number of carbonyl (C=O) groups excluding carboxylic acids is 1. The number of primary amides is 1. The molecule has 0 spiro atoms. The van der Waals surface area contributed by atoms with E-state index < -0.39 is 5.91 Å². The quantitative estimate of drug-likeness (QED) is 0.872. The Balaban J connectivity index is 1.60. The molecule has 1 fully saturated rings. The van der Waals surface area contributed by atoms with E-state index in [1.54, 1.807) is 30.3 Å². The minimum atomic E-state index is -0.436. The molecule has 3 atom stereocenters. The van der Waals surface area contributed by atoms with E-state index in [1.807, 2.05) is 6.07 Å². The average molecular weight is 366 g/mol. The van der Waals surface area contributed by atoms with Crippen molar-refractivity contribution in [3.63, 3.8) is 0 Å². The fourth-order valence-electron chi connectivity index (χ4n) is 4.82. The van der Waals surface area contributed by atoms with E-state index in [1.165, 1.54) is 11.1 Å². The summed E-state index contributed by atoms with van der Waals surface area (Å²) in [7, 11) is 2.18. The molecule has 2 aromatic rings. The van der Waals surface area contributed by atoms with Crippen LogP contribution in [0.4, 0.5) is 0 Å². The number of phenolic OH excluding ortho intramolecular Hbond substituents is 1. The van der Waals surface area contributed by atoms with Crippen LogP contribution in [-0.2, 0) is 11.8 Å². The van der Waals surface area contributed by atoms with Crippen molar-refractivity contribution in [2.75, 3.05) is 20.2 Å². The number of rotatable bonds is 4. The number of aromatic hydroxyl groups is 1. The van der Waals surface area contributed by atoms with E-state index in [2.05, 4.69) is 24.9 Å². The lowest BCUT2D eigenvalue weighted by molar-refractivity contribution is 0.0118. The van der Waals surface area contributed by atoms with Gasteiger partial charge in [0.1, 0.15) is 11.5 Å². The zero-order valence-corrected chi connectivity index (χ0v) is 15.8. The van der Waals surface area contributed by atoms with Crippen molar-refractivity contribution < 1.29 is 14.6 Å². The molecule has 0 saturated carbocycles. The van der Waals surface area contributed by atoms with Crippen LogP contribution < -0.4 is 10.5 Å². The number of ether oxygens (including phenoxy) is 1. The Bertz CT molecular complexity index is 864. The summed E-state index contributed by atoms with van der Waals surface area (Å²) >= 11 is 0. The molecule has 1 heterocycles. The second-order valence-electron chi connectivity index (χ2n) is 8.07. The van der Waals surface area contributed by atoms with Gasteiger partial charge in [-0.25, -0.2) is 0 Å². The van der Waals surface area contributed by atoms with E-state index in [-0.39, 0.29) is 5.41 Å². The molecule has 1 unspecified atom stereocenters. The third-order valence-corrected chi connectivity index (χ3v) is 6.54. The lowest BCUT2D eigenvalue weighted by Gasteiger charge is -2.54. The van der Waals surface area contributed by atoms with Gasteiger partial charge in [0.25, 0.3) is 0 Å². The predicted molar refractivity (Wildman–Crippen MR) is 104 cm³/mol. The smallest absolute Gasteiger partial charge is 0.248 e. The van der Waals surface area contributed by atoms with Crippen molar-refractivity contribution in [3.8, 4) is 11.5 Å². The average Bonchev–Trinajstić information content (AvgIpc) is 2.65. The molecule has 4 rings (SSSR count). The number of amides is 1. The molecule has 1 aliphatic heterocycles. The number of carbonyl (C=O) groups is 1. The third-order valence-electron chi connectivity index (χ3n) is 6.54. The summed E-state index contributed by atoms with van der Waals surface area (Å²) in [6.07, 6.45) is 2.00. The summed E-state index contributed by atoms with van der Waals surface area (Å²) in [5, 5.41) is 10.0.